The topological polar surface area (TPSA) is 47.4 Å². The Morgan fingerprint density at radius 3 is 3.10 bits per heavy atom. The molecule has 0 unspecified atom stereocenters. The molecule has 2 heterocycles. The first-order chi connectivity index (χ1) is 9.74. The molecule has 5 heteroatoms. The summed E-state index contributed by atoms with van der Waals surface area (Å²) in [5, 5.41) is 0. The summed E-state index contributed by atoms with van der Waals surface area (Å²) < 4.78 is 7.35. The highest BCUT2D eigenvalue weighted by Crippen LogP contribution is 2.19. The summed E-state index contributed by atoms with van der Waals surface area (Å²) in [6.45, 7) is 8.23. The molecule has 1 aromatic rings. The molecule has 1 aliphatic heterocycles. The Morgan fingerprint density at radius 1 is 1.50 bits per heavy atom. The molecule has 1 aliphatic rings. The molecule has 0 radical (unpaired) electrons. The second-order valence-electron chi connectivity index (χ2n) is 5.40. The van der Waals surface area contributed by atoms with Gasteiger partial charge in [-0.2, -0.15) is 0 Å². The molecule has 0 amide bonds. The van der Waals surface area contributed by atoms with Crippen molar-refractivity contribution in [2.45, 2.75) is 46.2 Å². The van der Waals surface area contributed by atoms with Crippen molar-refractivity contribution in [2.24, 2.45) is 5.92 Å². The van der Waals surface area contributed by atoms with Crippen molar-refractivity contribution in [3.8, 4) is 0 Å². The lowest BCUT2D eigenvalue weighted by Gasteiger charge is -2.31. The van der Waals surface area contributed by atoms with Crippen LogP contribution in [0.2, 0.25) is 0 Å². The number of piperidine rings is 1. The van der Waals surface area contributed by atoms with E-state index in [4.69, 9.17) is 4.74 Å². The first kappa shape index (κ1) is 15.0. The zero-order valence-corrected chi connectivity index (χ0v) is 12.5. The summed E-state index contributed by atoms with van der Waals surface area (Å²) in [5.74, 6) is -0.00878. The molecular formula is C15H25N3O2. The van der Waals surface area contributed by atoms with Gasteiger partial charge in [-0.25, -0.2) is 4.98 Å². The van der Waals surface area contributed by atoms with Crippen LogP contribution in [0.15, 0.2) is 12.5 Å². The van der Waals surface area contributed by atoms with Gasteiger partial charge >= 0.3 is 5.97 Å². The highest BCUT2D eigenvalue weighted by atomic mass is 16.5. The predicted molar refractivity (Wildman–Crippen MR) is 77.2 cm³/mol. The molecule has 0 spiro atoms. The van der Waals surface area contributed by atoms with Gasteiger partial charge in [0.15, 0.2) is 0 Å². The molecule has 1 atom stereocenters. The number of ether oxygens (including phenoxy) is 1. The normalized spacial score (nSPS) is 20.0. The quantitative estimate of drug-likeness (QED) is 0.748. The van der Waals surface area contributed by atoms with Crippen LogP contribution < -0.4 is 0 Å². The summed E-state index contributed by atoms with van der Waals surface area (Å²) in [6, 6.07) is 0. The Bertz CT molecular complexity index is 431. The van der Waals surface area contributed by atoms with E-state index in [-0.39, 0.29) is 11.9 Å². The molecule has 0 bridgehead atoms. The predicted octanol–water partition coefficient (Wildman–Crippen LogP) is 2.07. The number of rotatable bonds is 6. The van der Waals surface area contributed by atoms with Crippen LogP contribution in [-0.4, -0.2) is 40.1 Å². The van der Waals surface area contributed by atoms with E-state index in [1.807, 2.05) is 19.4 Å². The second-order valence-corrected chi connectivity index (χ2v) is 5.40. The van der Waals surface area contributed by atoms with Crippen LogP contribution in [0.5, 0.6) is 0 Å². The molecule has 0 saturated carbocycles. The third-order valence-corrected chi connectivity index (χ3v) is 3.77. The molecule has 20 heavy (non-hydrogen) atoms. The molecule has 2 rings (SSSR count). The van der Waals surface area contributed by atoms with Crippen molar-refractivity contribution >= 4 is 5.97 Å². The Kier molecular flexibility index (Phi) is 5.59. The second kappa shape index (κ2) is 7.43. The molecule has 1 aromatic heterocycles. The maximum atomic E-state index is 11.8. The van der Waals surface area contributed by atoms with Crippen molar-refractivity contribution in [3.05, 3.63) is 18.2 Å². The van der Waals surface area contributed by atoms with Gasteiger partial charge in [0.1, 0.15) is 0 Å². The van der Waals surface area contributed by atoms with Gasteiger partial charge in [0.05, 0.1) is 24.5 Å². The average Bonchev–Trinajstić information content (AvgIpc) is 2.87. The SMILES string of the molecule is CCCn1cncc1CN1CCC[C@H](C(=O)OCC)C1. The largest absolute Gasteiger partial charge is 0.466 e. The number of hydrogen-bond donors (Lipinski definition) is 0. The van der Waals surface area contributed by atoms with Gasteiger partial charge in [-0.15, -0.1) is 0 Å². The minimum Gasteiger partial charge on any atom is -0.466 e. The zero-order chi connectivity index (χ0) is 14.4. The van der Waals surface area contributed by atoms with Crippen molar-refractivity contribution in [1.82, 2.24) is 14.5 Å². The molecule has 1 saturated heterocycles. The highest BCUT2D eigenvalue weighted by Gasteiger charge is 2.27. The van der Waals surface area contributed by atoms with Crippen LogP contribution in [-0.2, 0) is 22.6 Å². The third kappa shape index (κ3) is 3.82. The van der Waals surface area contributed by atoms with E-state index in [2.05, 4.69) is 21.4 Å². The summed E-state index contributed by atoms with van der Waals surface area (Å²) in [5.41, 5.74) is 1.23. The van der Waals surface area contributed by atoms with Crippen molar-refractivity contribution in [3.63, 3.8) is 0 Å². The minimum atomic E-state index is -0.0423. The van der Waals surface area contributed by atoms with Crippen LogP contribution in [0.3, 0.4) is 0 Å². The Morgan fingerprint density at radius 2 is 2.35 bits per heavy atom. The summed E-state index contributed by atoms with van der Waals surface area (Å²) >= 11 is 0. The number of aromatic nitrogens is 2. The van der Waals surface area contributed by atoms with Crippen LogP contribution in [0.4, 0.5) is 0 Å². The number of carbonyl (C=O) groups excluding carboxylic acids is 1. The molecule has 0 N–H and O–H groups in total. The van der Waals surface area contributed by atoms with E-state index < -0.39 is 0 Å². The van der Waals surface area contributed by atoms with E-state index in [1.165, 1.54) is 5.69 Å². The molecule has 1 fully saturated rings. The van der Waals surface area contributed by atoms with Gasteiger partial charge in [0.2, 0.25) is 0 Å². The number of hydrogen-bond acceptors (Lipinski definition) is 4. The first-order valence-corrected chi connectivity index (χ1v) is 7.62. The van der Waals surface area contributed by atoms with Crippen LogP contribution in [0.1, 0.15) is 38.8 Å². The van der Waals surface area contributed by atoms with E-state index in [0.29, 0.717) is 6.61 Å². The Hall–Kier alpha value is -1.36. The molecular weight excluding hydrogens is 254 g/mol. The number of carbonyl (C=O) groups is 1. The lowest BCUT2D eigenvalue weighted by atomic mass is 9.98. The number of aryl methyl sites for hydroxylation is 1. The number of esters is 1. The van der Waals surface area contributed by atoms with Gasteiger partial charge in [-0.1, -0.05) is 6.92 Å². The fourth-order valence-corrected chi connectivity index (χ4v) is 2.80. The molecule has 0 aliphatic carbocycles. The fraction of sp³-hybridized carbons (Fsp3) is 0.733. The molecule has 0 aromatic carbocycles. The maximum Gasteiger partial charge on any atom is 0.310 e. The molecule has 5 nitrogen and oxygen atoms in total. The van der Waals surface area contributed by atoms with E-state index >= 15 is 0 Å². The number of likely N-dealkylation sites (tertiary alicyclic amines) is 1. The third-order valence-electron chi connectivity index (χ3n) is 3.77. The zero-order valence-electron chi connectivity index (χ0n) is 12.5. The smallest absolute Gasteiger partial charge is 0.310 e. The average molecular weight is 279 g/mol. The van der Waals surface area contributed by atoms with Gasteiger partial charge in [0.25, 0.3) is 0 Å². The molecule has 112 valence electrons. The van der Waals surface area contributed by atoms with Crippen LogP contribution in [0, 0.1) is 5.92 Å². The maximum absolute atomic E-state index is 11.8. The summed E-state index contributed by atoms with van der Waals surface area (Å²) in [4.78, 5) is 18.4. The van der Waals surface area contributed by atoms with Crippen molar-refractivity contribution < 1.29 is 9.53 Å². The lowest BCUT2D eigenvalue weighted by Crippen LogP contribution is -2.39. The van der Waals surface area contributed by atoms with Crippen molar-refractivity contribution in [2.75, 3.05) is 19.7 Å². The Labute approximate surface area is 120 Å². The van der Waals surface area contributed by atoms with Gasteiger partial charge in [-0.05, 0) is 32.7 Å². The summed E-state index contributed by atoms with van der Waals surface area (Å²) in [7, 11) is 0. The van der Waals surface area contributed by atoms with Crippen LogP contribution in [0.25, 0.3) is 0 Å². The lowest BCUT2D eigenvalue weighted by molar-refractivity contribution is -0.150. The van der Waals surface area contributed by atoms with Gasteiger partial charge in [-0.3, -0.25) is 9.69 Å². The highest BCUT2D eigenvalue weighted by molar-refractivity contribution is 5.72. The first-order valence-electron chi connectivity index (χ1n) is 7.62. The number of nitrogens with zero attached hydrogens (tertiary/aromatic N) is 3. The Balaban J connectivity index is 1.92. The minimum absolute atomic E-state index is 0.0336. The summed E-state index contributed by atoms with van der Waals surface area (Å²) in [6.07, 6.45) is 6.94. The van der Waals surface area contributed by atoms with E-state index in [9.17, 15) is 4.79 Å². The standard InChI is InChI=1S/C15H25N3O2/c1-3-7-18-12-16-9-14(18)11-17-8-5-6-13(10-17)15(19)20-4-2/h9,12-13H,3-8,10-11H2,1-2H3/t13-/m0/s1. The number of imidazole rings is 1. The van der Waals surface area contributed by atoms with Crippen molar-refractivity contribution in [1.29, 1.82) is 0 Å². The van der Waals surface area contributed by atoms with Crippen LogP contribution >= 0.6 is 0 Å². The fourth-order valence-electron chi connectivity index (χ4n) is 2.80. The monoisotopic (exact) mass is 279 g/mol. The van der Waals surface area contributed by atoms with E-state index in [0.717, 1.165) is 45.4 Å². The van der Waals surface area contributed by atoms with Gasteiger partial charge in [0, 0.05) is 25.8 Å². The van der Waals surface area contributed by atoms with E-state index in [1.54, 1.807) is 0 Å². The van der Waals surface area contributed by atoms with Gasteiger partial charge < -0.3 is 9.30 Å².